The summed E-state index contributed by atoms with van der Waals surface area (Å²) in [6, 6.07) is 0. The highest BCUT2D eigenvalue weighted by Gasteiger charge is 2.08. The average Bonchev–Trinajstić information content (AvgIpc) is 2.39. The Labute approximate surface area is 68.5 Å². The van der Waals surface area contributed by atoms with Gasteiger partial charge in [0.1, 0.15) is 0 Å². The summed E-state index contributed by atoms with van der Waals surface area (Å²) in [4.78, 5) is 2.28. The summed E-state index contributed by atoms with van der Waals surface area (Å²) in [5, 5.41) is 9.19. The molecule has 1 heterocycles. The van der Waals surface area contributed by atoms with Gasteiger partial charge in [-0.05, 0) is 32.3 Å². The van der Waals surface area contributed by atoms with Crippen molar-refractivity contribution in [1.82, 2.24) is 4.90 Å². The minimum absolute atomic E-state index is 0.296. The fourth-order valence-electron chi connectivity index (χ4n) is 1.27. The molecule has 0 aromatic heterocycles. The molecule has 0 unspecified atom stereocenters. The van der Waals surface area contributed by atoms with Crippen LogP contribution >= 0.6 is 0 Å². The normalized spacial score (nSPS) is 22.5. The van der Waals surface area contributed by atoms with Crippen molar-refractivity contribution in [1.29, 1.82) is 0 Å². The molecule has 2 heteroatoms. The zero-order chi connectivity index (χ0) is 8.27. The van der Waals surface area contributed by atoms with E-state index in [1.807, 2.05) is 13.8 Å². The second kappa shape index (κ2) is 3.77. The van der Waals surface area contributed by atoms with E-state index in [2.05, 4.69) is 11.1 Å². The van der Waals surface area contributed by atoms with Crippen LogP contribution < -0.4 is 0 Å². The number of rotatable bonds is 2. The van der Waals surface area contributed by atoms with Gasteiger partial charge in [0, 0.05) is 19.3 Å². The molecule has 0 radical (unpaired) electrons. The molecule has 1 fully saturated rings. The number of aliphatic hydroxyl groups is 1. The van der Waals surface area contributed by atoms with E-state index < -0.39 is 0 Å². The SMILES string of the molecule is C/C(=C\N1CCCC1)[C@H](C)O. The molecule has 1 N–H and O–H groups in total. The van der Waals surface area contributed by atoms with Crippen LogP contribution in [0, 0.1) is 0 Å². The van der Waals surface area contributed by atoms with Gasteiger partial charge in [0.2, 0.25) is 0 Å². The molecule has 0 aromatic carbocycles. The lowest BCUT2D eigenvalue weighted by Gasteiger charge is -2.14. The van der Waals surface area contributed by atoms with E-state index in [9.17, 15) is 5.11 Å². The minimum Gasteiger partial charge on any atom is -0.389 e. The molecule has 2 nitrogen and oxygen atoms in total. The molecule has 1 aliphatic rings. The number of nitrogens with zero attached hydrogens (tertiary/aromatic N) is 1. The molecular weight excluding hydrogens is 138 g/mol. The van der Waals surface area contributed by atoms with Gasteiger partial charge in [-0.15, -0.1) is 0 Å². The smallest absolute Gasteiger partial charge is 0.0736 e. The van der Waals surface area contributed by atoms with E-state index in [0.29, 0.717) is 0 Å². The third-order valence-electron chi connectivity index (χ3n) is 2.19. The maximum Gasteiger partial charge on any atom is 0.0736 e. The summed E-state index contributed by atoms with van der Waals surface area (Å²) in [5.41, 5.74) is 1.06. The quantitative estimate of drug-likeness (QED) is 0.651. The lowest BCUT2D eigenvalue weighted by Crippen LogP contribution is -2.14. The minimum atomic E-state index is -0.296. The van der Waals surface area contributed by atoms with Gasteiger partial charge in [0.05, 0.1) is 6.10 Å². The largest absolute Gasteiger partial charge is 0.389 e. The van der Waals surface area contributed by atoms with Crippen molar-refractivity contribution in [3.8, 4) is 0 Å². The van der Waals surface area contributed by atoms with Crippen LogP contribution in [-0.2, 0) is 0 Å². The molecule has 0 bridgehead atoms. The molecule has 0 spiro atoms. The van der Waals surface area contributed by atoms with Crippen LogP contribution in [-0.4, -0.2) is 29.2 Å². The van der Waals surface area contributed by atoms with Gasteiger partial charge in [-0.1, -0.05) is 0 Å². The van der Waals surface area contributed by atoms with E-state index in [1.54, 1.807) is 0 Å². The highest BCUT2D eigenvalue weighted by Crippen LogP contribution is 2.10. The monoisotopic (exact) mass is 155 g/mol. The molecule has 0 aromatic rings. The van der Waals surface area contributed by atoms with Crippen molar-refractivity contribution in [3.05, 3.63) is 11.8 Å². The van der Waals surface area contributed by atoms with E-state index in [4.69, 9.17) is 0 Å². The van der Waals surface area contributed by atoms with Crippen LogP contribution in [0.2, 0.25) is 0 Å². The summed E-state index contributed by atoms with van der Waals surface area (Å²) in [5.74, 6) is 0. The van der Waals surface area contributed by atoms with Crippen LogP contribution in [0.1, 0.15) is 26.7 Å². The molecule has 1 atom stereocenters. The van der Waals surface area contributed by atoms with E-state index >= 15 is 0 Å². The molecule has 64 valence electrons. The lowest BCUT2D eigenvalue weighted by atomic mass is 10.2. The van der Waals surface area contributed by atoms with Crippen LogP contribution in [0.15, 0.2) is 11.8 Å². The summed E-state index contributed by atoms with van der Waals surface area (Å²) in [7, 11) is 0. The number of likely N-dealkylation sites (tertiary alicyclic amines) is 1. The fourth-order valence-corrected chi connectivity index (χ4v) is 1.27. The van der Waals surface area contributed by atoms with E-state index in [-0.39, 0.29) is 6.10 Å². The van der Waals surface area contributed by atoms with Crippen molar-refractivity contribution in [2.75, 3.05) is 13.1 Å². The van der Waals surface area contributed by atoms with Crippen LogP contribution in [0.3, 0.4) is 0 Å². The highest BCUT2D eigenvalue weighted by molar-refractivity contribution is 5.02. The molecule has 1 aliphatic heterocycles. The van der Waals surface area contributed by atoms with Gasteiger partial charge in [-0.25, -0.2) is 0 Å². The summed E-state index contributed by atoms with van der Waals surface area (Å²) in [6.45, 7) is 6.10. The van der Waals surface area contributed by atoms with Gasteiger partial charge in [0.15, 0.2) is 0 Å². The molecule has 0 aliphatic carbocycles. The Kier molecular flexibility index (Phi) is 2.94. The Balaban J connectivity index is 2.42. The maximum atomic E-state index is 9.19. The van der Waals surface area contributed by atoms with E-state index in [1.165, 1.54) is 12.8 Å². The molecule has 1 saturated heterocycles. The summed E-state index contributed by atoms with van der Waals surface area (Å²) >= 11 is 0. The first-order chi connectivity index (χ1) is 5.20. The molecule has 0 amide bonds. The van der Waals surface area contributed by atoms with Gasteiger partial charge < -0.3 is 10.0 Å². The second-order valence-corrected chi connectivity index (χ2v) is 3.29. The Morgan fingerprint density at radius 3 is 2.45 bits per heavy atom. The van der Waals surface area contributed by atoms with Gasteiger partial charge in [-0.2, -0.15) is 0 Å². The first-order valence-electron chi connectivity index (χ1n) is 4.30. The lowest BCUT2D eigenvalue weighted by molar-refractivity contribution is 0.228. The van der Waals surface area contributed by atoms with Crippen molar-refractivity contribution in [2.24, 2.45) is 0 Å². The third kappa shape index (κ3) is 2.54. The second-order valence-electron chi connectivity index (χ2n) is 3.29. The van der Waals surface area contributed by atoms with Gasteiger partial charge >= 0.3 is 0 Å². The number of aliphatic hydroxyl groups excluding tert-OH is 1. The number of hydrogen-bond acceptors (Lipinski definition) is 2. The summed E-state index contributed by atoms with van der Waals surface area (Å²) < 4.78 is 0. The predicted octanol–water partition coefficient (Wildman–Crippen LogP) is 1.37. The van der Waals surface area contributed by atoms with Crippen molar-refractivity contribution in [2.45, 2.75) is 32.8 Å². The van der Waals surface area contributed by atoms with Gasteiger partial charge in [-0.3, -0.25) is 0 Å². The predicted molar refractivity (Wildman–Crippen MR) is 46.2 cm³/mol. The highest BCUT2D eigenvalue weighted by atomic mass is 16.3. The average molecular weight is 155 g/mol. The molecule has 1 rings (SSSR count). The molecule has 11 heavy (non-hydrogen) atoms. The Morgan fingerprint density at radius 1 is 1.45 bits per heavy atom. The standard InChI is InChI=1S/C9H17NO/c1-8(9(2)11)7-10-5-3-4-6-10/h7,9,11H,3-6H2,1-2H3/b8-7+/t9-/m0/s1. The molecule has 0 saturated carbocycles. The first kappa shape index (κ1) is 8.60. The topological polar surface area (TPSA) is 23.5 Å². The fraction of sp³-hybridized carbons (Fsp3) is 0.778. The van der Waals surface area contributed by atoms with Crippen molar-refractivity contribution in [3.63, 3.8) is 0 Å². The first-order valence-corrected chi connectivity index (χ1v) is 4.30. The summed E-state index contributed by atoms with van der Waals surface area (Å²) in [6.07, 6.45) is 4.38. The zero-order valence-electron chi connectivity index (χ0n) is 7.38. The van der Waals surface area contributed by atoms with Crippen LogP contribution in [0.25, 0.3) is 0 Å². The number of hydrogen-bond donors (Lipinski definition) is 1. The van der Waals surface area contributed by atoms with Gasteiger partial charge in [0.25, 0.3) is 0 Å². The zero-order valence-corrected chi connectivity index (χ0v) is 7.38. The van der Waals surface area contributed by atoms with Crippen molar-refractivity contribution >= 4 is 0 Å². The Bertz CT molecular complexity index is 146. The van der Waals surface area contributed by atoms with Crippen LogP contribution in [0.4, 0.5) is 0 Å². The maximum absolute atomic E-state index is 9.19. The molecular formula is C9H17NO. The van der Waals surface area contributed by atoms with Crippen molar-refractivity contribution < 1.29 is 5.11 Å². The Morgan fingerprint density at radius 2 is 2.00 bits per heavy atom. The Hall–Kier alpha value is -0.500. The third-order valence-corrected chi connectivity index (χ3v) is 2.19. The van der Waals surface area contributed by atoms with E-state index in [0.717, 1.165) is 18.7 Å². The van der Waals surface area contributed by atoms with Crippen LogP contribution in [0.5, 0.6) is 0 Å².